The first-order valence-electron chi connectivity index (χ1n) is 3.99. The molecule has 0 aromatic carbocycles. The molecule has 2 N–H and O–H groups in total. The molecule has 0 aliphatic carbocycles. The lowest BCUT2D eigenvalue weighted by Crippen LogP contribution is -2.23. The van der Waals surface area contributed by atoms with E-state index < -0.39 is 0 Å². The fourth-order valence-electron chi connectivity index (χ4n) is 0.952. The normalized spacial score (nSPS) is 10.2. The van der Waals surface area contributed by atoms with E-state index in [4.69, 9.17) is 5.73 Å². The molecule has 4 nitrogen and oxygen atoms in total. The van der Waals surface area contributed by atoms with E-state index >= 15 is 0 Å². The molecular formula is C8H13N3O. The monoisotopic (exact) mass is 167 g/mol. The quantitative estimate of drug-likeness (QED) is 0.683. The molecule has 0 saturated heterocycles. The Morgan fingerprint density at radius 3 is 3.00 bits per heavy atom. The minimum Gasteiger partial charge on any atom is -0.330 e. The van der Waals surface area contributed by atoms with Crippen molar-refractivity contribution >= 4 is 0 Å². The Morgan fingerprint density at radius 1 is 1.58 bits per heavy atom. The van der Waals surface area contributed by atoms with Gasteiger partial charge in [0.05, 0.1) is 5.69 Å². The predicted molar refractivity (Wildman–Crippen MR) is 46.9 cm³/mol. The first kappa shape index (κ1) is 8.93. The van der Waals surface area contributed by atoms with E-state index in [0.717, 1.165) is 12.1 Å². The predicted octanol–water partition coefficient (Wildman–Crippen LogP) is -0.0995. The lowest BCUT2D eigenvalue weighted by Gasteiger charge is -2.02. The molecule has 0 saturated carbocycles. The van der Waals surface area contributed by atoms with E-state index in [2.05, 4.69) is 5.10 Å². The number of nitrogens with zero attached hydrogens (tertiary/aromatic N) is 2. The van der Waals surface area contributed by atoms with Crippen molar-refractivity contribution in [2.75, 3.05) is 6.54 Å². The van der Waals surface area contributed by atoms with Crippen LogP contribution in [0.3, 0.4) is 0 Å². The van der Waals surface area contributed by atoms with Crippen LogP contribution in [0.2, 0.25) is 0 Å². The van der Waals surface area contributed by atoms with Crippen LogP contribution in [0.4, 0.5) is 0 Å². The van der Waals surface area contributed by atoms with Crippen LogP contribution in [0.5, 0.6) is 0 Å². The van der Waals surface area contributed by atoms with Crippen LogP contribution in [-0.2, 0) is 6.54 Å². The minimum absolute atomic E-state index is 0.0611. The van der Waals surface area contributed by atoms with Gasteiger partial charge >= 0.3 is 0 Å². The summed E-state index contributed by atoms with van der Waals surface area (Å²) in [4.78, 5) is 11.1. The van der Waals surface area contributed by atoms with Crippen molar-refractivity contribution in [1.29, 1.82) is 0 Å². The lowest BCUT2D eigenvalue weighted by atomic mass is 10.4. The van der Waals surface area contributed by atoms with Gasteiger partial charge in [-0.3, -0.25) is 4.79 Å². The molecule has 0 aliphatic rings. The largest absolute Gasteiger partial charge is 0.330 e. The summed E-state index contributed by atoms with van der Waals surface area (Å²) in [5, 5.41) is 4.06. The second kappa shape index (κ2) is 4.01. The number of hydrogen-bond donors (Lipinski definition) is 1. The molecule has 0 aliphatic heterocycles. The van der Waals surface area contributed by atoms with Crippen molar-refractivity contribution < 1.29 is 0 Å². The first-order chi connectivity index (χ1) is 5.74. The van der Waals surface area contributed by atoms with Crippen LogP contribution in [0.25, 0.3) is 0 Å². The molecule has 66 valence electrons. The highest BCUT2D eigenvalue weighted by Crippen LogP contribution is 1.87. The summed E-state index contributed by atoms with van der Waals surface area (Å²) in [5.74, 6) is 0. The van der Waals surface area contributed by atoms with Gasteiger partial charge in [-0.25, -0.2) is 4.68 Å². The van der Waals surface area contributed by atoms with Gasteiger partial charge < -0.3 is 5.73 Å². The van der Waals surface area contributed by atoms with Crippen LogP contribution in [-0.4, -0.2) is 16.3 Å². The molecule has 0 bridgehead atoms. The Labute approximate surface area is 71.0 Å². The summed E-state index contributed by atoms with van der Waals surface area (Å²) in [6, 6.07) is 3.24. The van der Waals surface area contributed by atoms with Crippen molar-refractivity contribution in [3.8, 4) is 0 Å². The van der Waals surface area contributed by atoms with E-state index in [1.165, 1.54) is 10.7 Å². The van der Waals surface area contributed by atoms with Gasteiger partial charge in [0.25, 0.3) is 5.56 Å². The van der Waals surface area contributed by atoms with Crippen molar-refractivity contribution in [3.05, 3.63) is 28.2 Å². The molecule has 0 fully saturated rings. The average Bonchev–Trinajstić information content (AvgIpc) is 2.07. The standard InChI is InChI=1S/C8H13N3O/c1-7-3-4-8(12)11(10-7)6-2-5-9/h3-4H,2,5-6,9H2,1H3. The second-order valence-corrected chi connectivity index (χ2v) is 2.68. The molecule has 0 amide bonds. The van der Waals surface area contributed by atoms with Gasteiger partial charge in [0, 0.05) is 12.6 Å². The number of rotatable bonds is 3. The zero-order valence-electron chi connectivity index (χ0n) is 7.16. The molecule has 0 radical (unpaired) electrons. The number of hydrogen-bond acceptors (Lipinski definition) is 3. The summed E-state index contributed by atoms with van der Waals surface area (Å²) < 4.78 is 1.45. The van der Waals surface area contributed by atoms with Crippen molar-refractivity contribution in [3.63, 3.8) is 0 Å². The number of nitrogens with two attached hydrogens (primary N) is 1. The molecule has 1 aromatic heterocycles. The maximum atomic E-state index is 11.1. The van der Waals surface area contributed by atoms with Gasteiger partial charge in [-0.15, -0.1) is 0 Å². The summed E-state index contributed by atoms with van der Waals surface area (Å²) in [7, 11) is 0. The van der Waals surface area contributed by atoms with E-state index in [1.54, 1.807) is 6.07 Å². The fraction of sp³-hybridized carbons (Fsp3) is 0.500. The van der Waals surface area contributed by atoms with Gasteiger partial charge in [0.1, 0.15) is 0 Å². The smallest absolute Gasteiger partial charge is 0.266 e. The van der Waals surface area contributed by atoms with E-state index in [9.17, 15) is 4.79 Å². The molecular weight excluding hydrogens is 154 g/mol. The second-order valence-electron chi connectivity index (χ2n) is 2.68. The van der Waals surface area contributed by atoms with Gasteiger partial charge in [0.15, 0.2) is 0 Å². The summed E-state index contributed by atoms with van der Waals surface area (Å²) in [6.45, 7) is 3.05. The van der Waals surface area contributed by atoms with Crippen LogP contribution < -0.4 is 11.3 Å². The molecule has 1 heterocycles. The molecule has 12 heavy (non-hydrogen) atoms. The Morgan fingerprint density at radius 2 is 2.33 bits per heavy atom. The number of aryl methyl sites for hydroxylation is 2. The molecule has 1 rings (SSSR count). The van der Waals surface area contributed by atoms with Gasteiger partial charge in [0.2, 0.25) is 0 Å². The van der Waals surface area contributed by atoms with Crippen molar-refractivity contribution in [2.45, 2.75) is 19.9 Å². The van der Waals surface area contributed by atoms with Gasteiger partial charge in [-0.1, -0.05) is 0 Å². The molecule has 4 heteroatoms. The molecule has 0 atom stereocenters. The highest BCUT2D eigenvalue weighted by atomic mass is 16.1. The maximum Gasteiger partial charge on any atom is 0.266 e. The lowest BCUT2D eigenvalue weighted by molar-refractivity contribution is 0.547. The highest BCUT2D eigenvalue weighted by Gasteiger charge is 1.95. The van der Waals surface area contributed by atoms with Crippen molar-refractivity contribution in [1.82, 2.24) is 9.78 Å². The molecule has 1 aromatic rings. The Bertz CT molecular complexity index is 305. The summed E-state index contributed by atoms with van der Waals surface area (Å²) >= 11 is 0. The zero-order chi connectivity index (χ0) is 8.97. The van der Waals surface area contributed by atoms with E-state index in [-0.39, 0.29) is 5.56 Å². The molecule has 0 unspecified atom stereocenters. The zero-order valence-corrected chi connectivity index (χ0v) is 7.16. The average molecular weight is 167 g/mol. The topological polar surface area (TPSA) is 60.9 Å². The SMILES string of the molecule is Cc1ccc(=O)n(CCCN)n1. The molecule has 0 spiro atoms. The van der Waals surface area contributed by atoms with Gasteiger partial charge in [-0.05, 0) is 26.0 Å². The number of aromatic nitrogens is 2. The van der Waals surface area contributed by atoms with Crippen LogP contribution in [0.1, 0.15) is 12.1 Å². The summed E-state index contributed by atoms with van der Waals surface area (Å²) in [6.07, 6.45) is 0.788. The minimum atomic E-state index is -0.0611. The summed E-state index contributed by atoms with van der Waals surface area (Å²) in [5.41, 5.74) is 6.11. The third-order valence-corrected chi connectivity index (χ3v) is 1.57. The maximum absolute atomic E-state index is 11.1. The van der Waals surface area contributed by atoms with Crippen molar-refractivity contribution in [2.24, 2.45) is 5.73 Å². The fourth-order valence-corrected chi connectivity index (χ4v) is 0.952. The van der Waals surface area contributed by atoms with E-state index in [1.807, 2.05) is 6.92 Å². The van der Waals surface area contributed by atoms with E-state index in [0.29, 0.717) is 13.1 Å². The third kappa shape index (κ3) is 2.17. The van der Waals surface area contributed by atoms with Gasteiger partial charge in [-0.2, -0.15) is 5.10 Å². The Hall–Kier alpha value is -1.16. The first-order valence-corrected chi connectivity index (χ1v) is 3.99. The Balaban J connectivity index is 2.83. The van der Waals surface area contributed by atoms with Crippen LogP contribution >= 0.6 is 0 Å². The highest BCUT2D eigenvalue weighted by molar-refractivity contribution is 4.96. The van der Waals surface area contributed by atoms with Crippen LogP contribution in [0, 0.1) is 6.92 Å². The van der Waals surface area contributed by atoms with Crippen LogP contribution in [0.15, 0.2) is 16.9 Å². The third-order valence-electron chi connectivity index (χ3n) is 1.57. The Kier molecular flexibility index (Phi) is 2.99.